The van der Waals surface area contributed by atoms with Gasteiger partial charge in [0.15, 0.2) is 11.5 Å². The van der Waals surface area contributed by atoms with Crippen LogP contribution in [-0.2, 0) is 20.7 Å². The highest BCUT2D eigenvalue weighted by atomic mass is 16.7. The first kappa shape index (κ1) is 26.0. The van der Waals surface area contributed by atoms with Gasteiger partial charge in [-0.1, -0.05) is 0 Å². The third-order valence-corrected chi connectivity index (χ3v) is 5.64. The van der Waals surface area contributed by atoms with Crippen molar-refractivity contribution in [1.29, 1.82) is 0 Å². The number of cyclic esters (lactones) is 1. The molecule has 0 amide bonds. The fourth-order valence-corrected chi connectivity index (χ4v) is 3.88. The Morgan fingerprint density at radius 3 is 1.91 bits per heavy atom. The Kier molecular flexibility index (Phi) is 8.70. The van der Waals surface area contributed by atoms with Gasteiger partial charge in [0.05, 0.1) is 35.5 Å². The van der Waals surface area contributed by atoms with Crippen LogP contribution in [0.25, 0.3) is 0 Å². The van der Waals surface area contributed by atoms with Crippen LogP contribution in [0.5, 0.6) is 28.7 Å². The van der Waals surface area contributed by atoms with E-state index in [1.165, 1.54) is 0 Å². The molecule has 1 atom stereocenters. The minimum Gasteiger partial charge on any atom is -0.497 e. The topological polar surface area (TPSA) is 84.9 Å². The van der Waals surface area contributed by atoms with Gasteiger partial charge < -0.3 is 38.1 Å². The van der Waals surface area contributed by atoms with E-state index in [-0.39, 0.29) is 5.95 Å². The van der Waals surface area contributed by atoms with Crippen molar-refractivity contribution in [2.75, 3.05) is 62.8 Å². The molecular weight excluding hydrogens is 454 g/mol. The average Bonchev–Trinajstić information content (AvgIpc) is 3.16. The number of methoxy groups -OCH3 is 5. The molecule has 2 aromatic rings. The van der Waals surface area contributed by atoms with Crippen LogP contribution in [0.2, 0.25) is 0 Å². The van der Waals surface area contributed by atoms with Crippen LogP contribution in [0, 0.1) is 0 Å². The second-order valence-corrected chi connectivity index (χ2v) is 8.17. The molecule has 2 aromatic carbocycles. The summed E-state index contributed by atoms with van der Waals surface area (Å²) in [6.07, 6.45) is 0.351. The Balaban J connectivity index is 2.08. The van der Waals surface area contributed by atoms with E-state index in [2.05, 4.69) is 0 Å². The number of carbonyl (C=O) groups excluding carboxylic acids is 1. The Hall–Kier alpha value is -3.59. The molecule has 3 rings (SSSR count). The molecule has 1 heterocycles. The van der Waals surface area contributed by atoms with Crippen molar-refractivity contribution in [3.05, 3.63) is 53.0 Å². The monoisotopic (exact) mass is 487 g/mol. The lowest BCUT2D eigenvalue weighted by atomic mass is 9.88. The molecule has 0 N–H and O–H groups in total. The predicted molar refractivity (Wildman–Crippen MR) is 130 cm³/mol. The van der Waals surface area contributed by atoms with Crippen molar-refractivity contribution in [3.63, 3.8) is 0 Å². The van der Waals surface area contributed by atoms with Gasteiger partial charge in [0.25, 0.3) is 5.95 Å². The summed E-state index contributed by atoms with van der Waals surface area (Å²) in [7, 11) is 11.7. The van der Waals surface area contributed by atoms with Gasteiger partial charge in [-0.3, -0.25) is 4.79 Å². The van der Waals surface area contributed by atoms with Gasteiger partial charge in [-0.05, 0) is 49.5 Å². The molecule has 1 aliphatic heterocycles. The number of carbonyl (C=O) groups is 1. The zero-order chi connectivity index (χ0) is 25.5. The number of nitrogens with zero attached hydrogens (tertiary/aromatic N) is 1. The summed E-state index contributed by atoms with van der Waals surface area (Å²) in [5.41, 5.74) is 2.19. The molecule has 9 nitrogen and oxygen atoms in total. The summed E-state index contributed by atoms with van der Waals surface area (Å²) in [4.78, 5) is 15.1. The molecule has 190 valence electrons. The number of hydrogen-bond donors (Lipinski definition) is 0. The molecule has 0 radical (unpaired) electrons. The van der Waals surface area contributed by atoms with Gasteiger partial charge in [0.1, 0.15) is 24.0 Å². The Morgan fingerprint density at radius 1 is 0.829 bits per heavy atom. The number of likely N-dealkylation sites (N-methyl/N-ethyl adjacent to an activating group) is 1. The summed E-state index contributed by atoms with van der Waals surface area (Å²) in [5, 5.41) is 0. The van der Waals surface area contributed by atoms with Crippen LogP contribution in [0.3, 0.4) is 0 Å². The van der Waals surface area contributed by atoms with Crippen LogP contribution in [-0.4, -0.2) is 73.7 Å². The molecular formula is C26H33NO8. The van der Waals surface area contributed by atoms with E-state index in [9.17, 15) is 4.79 Å². The Labute approximate surface area is 206 Å². The fraction of sp³-hybridized carbons (Fsp3) is 0.423. The van der Waals surface area contributed by atoms with Crippen molar-refractivity contribution in [1.82, 2.24) is 4.90 Å². The maximum Gasteiger partial charge on any atom is 0.325 e. The van der Waals surface area contributed by atoms with E-state index in [1.54, 1.807) is 53.7 Å². The van der Waals surface area contributed by atoms with Crippen molar-refractivity contribution >= 4 is 5.97 Å². The number of benzene rings is 2. The molecule has 9 heteroatoms. The first-order valence-electron chi connectivity index (χ1n) is 11.1. The molecule has 0 aliphatic carbocycles. The predicted octanol–water partition coefficient (Wildman–Crippen LogP) is 3.40. The molecule has 0 spiro atoms. The largest absolute Gasteiger partial charge is 0.497 e. The maximum absolute atomic E-state index is 13.1. The fourth-order valence-electron chi connectivity index (χ4n) is 3.88. The SMILES string of the molecule is COc1cc(OC)cc(C2C(=O)OC(OCCN(C)C)=C2Cc2cc(OC)c(OC)c(OC)c2)c1. The van der Waals surface area contributed by atoms with Crippen LogP contribution >= 0.6 is 0 Å². The molecule has 0 bridgehead atoms. The smallest absolute Gasteiger partial charge is 0.325 e. The highest BCUT2D eigenvalue weighted by Gasteiger charge is 2.39. The second kappa shape index (κ2) is 11.7. The first-order chi connectivity index (χ1) is 16.8. The molecule has 1 aliphatic rings. The average molecular weight is 488 g/mol. The quantitative estimate of drug-likeness (QED) is 0.418. The molecule has 35 heavy (non-hydrogen) atoms. The summed E-state index contributed by atoms with van der Waals surface area (Å²) in [5.74, 6) is 1.74. The van der Waals surface area contributed by atoms with Crippen LogP contribution < -0.4 is 23.7 Å². The molecule has 0 aromatic heterocycles. The Morgan fingerprint density at radius 2 is 1.43 bits per heavy atom. The summed E-state index contributed by atoms with van der Waals surface area (Å²) < 4.78 is 38.9. The Bertz CT molecular complexity index is 1030. The van der Waals surface area contributed by atoms with Gasteiger partial charge in [0.2, 0.25) is 5.75 Å². The minimum absolute atomic E-state index is 0.206. The summed E-state index contributed by atoms with van der Waals surface area (Å²) >= 11 is 0. The number of esters is 1. The summed E-state index contributed by atoms with van der Waals surface area (Å²) in [6, 6.07) is 9.04. The zero-order valence-corrected chi connectivity index (χ0v) is 21.3. The zero-order valence-electron chi connectivity index (χ0n) is 21.3. The maximum atomic E-state index is 13.1. The van der Waals surface area contributed by atoms with Gasteiger partial charge in [0, 0.05) is 24.6 Å². The highest BCUT2D eigenvalue weighted by molar-refractivity contribution is 5.86. The third-order valence-electron chi connectivity index (χ3n) is 5.64. The van der Waals surface area contributed by atoms with E-state index >= 15 is 0 Å². The van der Waals surface area contributed by atoms with Gasteiger partial charge in [-0.15, -0.1) is 0 Å². The van der Waals surface area contributed by atoms with E-state index in [1.807, 2.05) is 31.1 Å². The molecule has 0 saturated carbocycles. The first-order valence-corrected chi connectivity index (χ1v) is 11.1. The number of ether oxygens (including phenoxy) is 7. The van der Waals surface area contributed by atoms with Crippen molar-refractivity contribution in [2.24, 2.45) is 0 Å². The van der Waals surface area contributed by atoms with E-state index in [0.29, 0.717) is 59.5 Å². The van der Waals surface area contributed by atoms with Crippen molar-refractivity contribution in [3.8, 4) is 28.7 Å². The lowest BCUT2D eigenvalue weighted by Gasteiger charge is -2.17. The number of hydrogen-bond acceptors (Lipinski definition) is 9. The molecule has 1 unspecified atom stereocenters. The number of rotatable bonds is 12. The van der Waals surface area contributed by atoms with E-state index in [0.717, 1.165) is 5.56 Å². The standard InChI is InChI=1S/C26H33NO8/c1-27(2)8-9-34-26-20(10-16-11-21(31-5)24(33-7)22(12-16)32-6)23(25(28)35-26)17-13-18(29-3)15-19(14-17)30-4/h11-15,23H,8-10H2,1-7H3. The van der Waals surface area contributed by atoms with Crippen molar-refractivity contribution < 1.29 is 38.0 Å². The van der Waals surface area contributed by atoms with Crippen molar-refractivity contribution in [2.45, 2.75) is 12.3 Å². The van der Waals surface area contributed by atoms with Crippen LogP contribution in [0.15, 0.2) is 41.9 Å². The normalized spacial score (nSPS) is 15.2. The van der Waals surface area contributed by atoms with Crippen LogP contribution in [0.1, 0.15) is 17.0 Å². The molecule has 0 saturated heterocycles. The van der Waals surface area contributed by atoms with Gasteiger partial charge in [-0.25, -0.2) is 0 Å². The van der Waals surface area contributed by atoms with Gasteiger partial charge in [-0.2, -0.15) is 0 Å². The summed E-state index contributed by atoms with van der Waals surface area (Å²) in [6.45, 7) is 1.03. The third kappa shape index (κ3) is 5.92. The lowest BCUT2D eigenvalue weighted by Crippen LogP contribution is -2.18. The lowest BCUT2D eigenvalue weighted by molar-refractivity contribution is -0.142. The van der Waals surface area contributed by atoms with Crippen LogP contribution in [0.4, 0.5) is 0 Å². The minimum atomic E-state index is -0.701. The molecule has 0 fully saturated rings. The highest BCUT2D eigenvalue weighted by Crippen LogP contribution is 2.43. The van der Waals surface area contributed by atoms with E-state index < -0.39 is 11.9 Å². The van der Waals surface area contributed by atoms with Gasteiger partial charge >= 0.3 is 5.97 Å². The second-order valence-electron chi connectivity index (χ2n) is 8.17. The van der Waals surface area contributed by atoms with E-state index in [4.69, 9.17) is 33.2 Å².